The molecule has 0 fully saturated rings. The molecule has 27 heavy (non-hydrogen) atoms. The van der Waals surface area contributed by atoms with Crippen molar-refractivity contribution < 1.29 is 23.9 Å². The highest BCUT2D eigenvalue weighted by atomic mass is 32.2. The maximum atomic E-state index is 12.3. The van der Waals surface area contributed by atoms with E-state index in [0.717, 1.165) is 11.8 Å². The summed E-state index contributed by atoms with van der Waals surface area (Å²) in [5, 5.41) is 8.81. The Kier molecular flexibility index (Phi) is 6.66. The van der Waals surface area contributed by atoms with Gasteiger partial charge in [-0.05, 0) is 25.1 Å². The van der Waals surface area contributed by atoms with Gasteiger partial charge in [-0.2, -0.15) is 10.1 Å². The molecule has 1 heterocycles. The number of esters is 2. The van der Waals surface area contributed by atoms with Crippen LogP contribution >= 0.6 is 11.8 Å². The summed E-state index contributed by atoms with van der Waals surface area (Å²) < 4.78 is 9.31. The van der Waals surface area contributed by atoms with Crippen LogP contribution in [0.3, 0.4) is 0 Å². The van der Waals surface area contributed by atoms with Gasteiger partial charge in [-0.25, -0.2) is 19.5 Å². The van der Waals surface area contributed by atoms with Gasteiger partial charge >= 0.3 is 17.6 Å². The van der Waals surface area contributed by atoms with Crippen LogP contribution in [-0.2, 0) is 14.3 Å². The zero-order valence-corrected chi connectivity index (χ0v) is 15.5. The first-order chi connectivity index (χ1) is 12.8. The van der Waals surface area contributed by atoms with E-state index in [1.54, 1.807) is 6.92 Å². The second-order valence-corrected chi connectivity index (χ2v) is 6.08. The Bertz CT molecular complexity index is 943. The first kappa shape index (κ1) is 20.1. The lowest BCUT2D eigenvalue weighted by Crippen LogP contribution is -2.19. The molecule has 0 saturated carbocycles. The molecule has 0 unspecified atom stereocenters. The number of hydrogen-bond acceptors (Lipinski definition) is 9. The highest BCUT2D eigenvalue weighted by Crippen LogP contribution is 2.21. The second-order valence-electron chi connectivity index (χ2n) is 5.11. The number of rotatable bonds is 6. The number of thioether (sulfide) groups is 1. The first-order valence-electron chi connectivity index (χ1n) is 7.52. The van der Waals surface area contributed by atoms with Crippen molar-refractivity contribution in [3.8, 4) is 0 Å². The summed E-state index contributed by atoms with van der Waals surface area (Å²) in [7, 11) is 2.42. The molecule has 1 aromatic heterocycles. The fourth-order valence-electron chi connectivity index (χ4n) is 2.01. The molecule has 11 heteroatoms. The van der Waals surface area contributed by atoms with Crippen molar-refractivity contribution in [1.29, 1.82) is 0 Å². The molecule has 2 aromatic rings. The molecule has 0 aliphatic rings. The zero-order chi connectivity index (χ0) is 20.0. The van der Waals surface area contributed by atoms with Crippen LogP contribution in [0.1, 0.15) is 26.4 Å². The topological polar surface area (TPSA) is 140 Å². The molecule has 2 N–H and O–H groups in total. The number of nitrogens with one attached hydrogen (secondary N) is 2. The van der Waals surface area contributed by atoms with Crippen LogP contribution in [0.15, 0.2) is 28.0 Å². The summed E-state index contributed by atoms with van der Waals surface area (Å²) in [6, 6.07) is 4.06. The van der Waals surface area contributed by atoms with Crippen LogP contribution < -0.4 is 11.0 Å². The lowest BCUT2D eigenvalue weighted by atomic mass is 10.1. The molecule has 0 radical (unpaired) electrons. The second kappa shape index (κ2) is 8.94. The quantitative estimate of drug-likeness (QED) is 0.539. The smallest absolute Gasteiger partial charge is 0.362 e. The molecule has 1 amide bonds. The summed E-state index contributed by atoms with van der Waals surface area (Å²) in [5.74, 6) is -1.87. The van der Waals surface area contributed by atoms with E-state index in [4.69, 9.17) is 0 Å². The van der Waals surface area contributed by atoms with Gasteiger partial charge in [-0.15, -0.1) is 0 Å². The monoisotopic (exact) mass is 392 g/mol. The fraction of sp³-hybridized carbons (Fsp3) is 0.250. The molecule has 1 aromatic carbocycles. The minimum absolute atomic E-state index is 0.0793. The SMILES string of the molecule is COC(=O)c1ccc(C(=O)OC)c(NC(=O)CSc2nc(=O)[nH]nc2C)c1. The van der Waals surface area contributed by atoms with Crippen LogP contribution in [0.4, 0.5) is 5.69 Å². The number of aromatic amines is 1. The maximum Gasteiger partial charge on any atom is 0.362 e. The van der Waals surface area contributed by atoms with Crippen molar-refractivity contribution >= 4 is 35.3 Å². The van der Waals surface area contributed by atoms with Crippen molar-refractivity contribution in [1.82, 2.24) is 15.2 Å². The van der Waals surface area contributed by atoms with Crippen LogP contribution in [-0.4, -0.2) is 53.0 Å². The van der Waals surface area contributed by atoms with E-state index in [1.807, 2.05) is 0 Å². The third-order valence-electron chi connectivity index (χ3n) is 3.29. The third-order valence-corrected chi connectivity index (χ3v) is 4.36. The van der Waals surface area contributed by atoms with Crippen LogP contribution in [0.25, 0.3) is 0 Å². The van der Waals surface area contributed by atoms with Crippen LogP contribution in [0.2, 0.25) is 0 Å². The average Bonchev–Trinajstić information content (AvgIpc) is 2.67. The summed E-state index contributed by atoms with van der Waals surface area (Å²) in [5.41, 5.74) is 0.182. The molecule has 142 valence electrons. The summed E-state index contributed by atoms with van der Waals surface area (Å²) >= 11 is 1.01. The molecule has 10 nitrogen and oxygen atoms in total. The van der Waals surface area contributed by atoms with Gasteiger partial charge in [-0.1, -0.05) is 11.8 Å². The van der Waals surface area contributed by atoms with Gasteiger partial charge < -0.3 is 14.8 Å². The molecular formula is C16H16N4O6S. The van der Waals surface area contributed by atoms with Crippen molar-refractivity contribution in [2.75, 3.05) is 25.3 Å². The highest BCUT2D eigenvalue weighted by Gasteiger charge is 2.18. The minimum Gasteiger partial charge on any atom is -0.465 e. The standard InChI is InChI=1S/C16H16N4O6S/c1-8-13(18-16(24)20-19-8)27-7-12(21)17-11-6-9(14(22)25-2)4-5-10(11)15(23)26-3/h4-6H,7H2,1-3H3,(H,17,21)(H,18,20,24). The number of nitrogens with zero attached hydrogens (tertiary/aromatic N) is 2. The molecule has 0 bridgehead atoms. The lowest BCUT2D eigenvalue weighted by molar-refractivity contribution is -0.113. The minimum atomic E-state index is -0.675. The van der Waals surface area contributed by atoms with Gasteiger partial charge in [0, 0.05) is 0 Å². The number of amides is 1. The average molecular weight is 392 g/mol. The number of carbonyl (C=O) groups is 3. The van der Waals surface area contributed by atoms with Crippen molar-refractivity contribution in [2.24, 2.45) is 0 Å². The molecule has 0 aliphatic heterocycles. The number of hydrogen-bond donors (Lipinski definition) is 2. The van der Waals surface area contributed by atoms with E-state index in [1.165, 1.54) is 32.4 Å². The van der Waals surface area contributed by atoms with Crippen LogP contribution in [0.5, 0.6) is 0 Å². The van der Waals surface area contributed by atoms with Gasteiger partial charge in [0.1, 0.15) is 5.03 Å². The maximum absolute atomic E-state index is 12.3. The number of aromatic nitrogens is 3. The van der Waals surface area contributed by atoms with E-state index in [0.29, 0.717) is 10.7 Å². The van der Waals surface area contributed by atoms with Gasteiger partial charge in [0.15, 0.2) is 0 Å². The van der Waals surface area contributed by atoms with E-state index in [9.17, 15) is 19.2 Å². The molecule has 0 saturated heterocycles. The molecular weight excluding hydrogens is 376 g/mol. The van der Waals surface area contributed by atoms with Gasteiger partial charge in [0.2, 0.25) is 5.91 Å². The van der Waals surface area contributed by atoms with Crippen molar-refractivity contribution in [3.05, 3.63) is 45.5 Å². The van der Waals surface area contributed by atoms with E-state index in [-0.39, 0.29) is 22.6 Å². The summed E-state index contributed by atoms with van der Waals surface area (Å²) in [4.78, 5) is 50.8. The van der Waals surface area contributed by atoms with Gasteiger partial charge in [-0.3, -0.25) is 4.79 Å². The number of ether oxygens (including phenoxy) is 2. The Morgan fingerprint density at radius 2 is 1.89 bits per heavy atom. The summed E-state index contributed by atoms with van der Waals surface area (Å²) in [6.45, 7) is 1.64. The van der Waals surface area contributed by atoms with E-state index >= 15 is 0 Å². The summed E-state index contributed by atoms with van der Waals surface area (Å²) in [6.07, 6.45) is 0. The lowest BCUT2D eigenvalue weighted by Gasteiger charge is -2.11. The largest absolute Gasteiger partial charge is 0.465 e. The predicted octanol–water partition coefficient (Wildman–Crippen LogP) is 0.777. The Labute approximate surface area is 157 Å². The Balaban J connectivity index is 2.19. The first-order valence-corrected chi connectivity index (χ1v) is 8.51. The van der Waals surface area contributed by atoms with E-state index < -0.39 is 23.5 Å². The molecule has 0 atom stereocenters. The number of aryl methyl sites for hydroxylation is 1. The van der Waals surface area contributed by atoms with Gasteiger partial charge in [0.25, 0.3) is 0 Å². The molecule has 2 rings (SSSR count). The number of anilines is 1. The number of benzene rings is 1. The fourth-order valence-corrected chi connectivity index (χ4v) is 2.76. The normalized spacial score (nSPS) is 10.2. The Hall–Kier alpha value is -3.21. The van der Waals surface area contributed by atoms with Crippen molar-refractivity contribution in [2.45, 2.75) is 11.9 Å². The number of methoxy groups -OCH3 is 2. The van der Waals surface area contributed by atoms with Crippen molar-refractivity contribution in [3.63, 3.8) is 0 Å². The number of H-pyrrole nitrogens is 1. The highest BCUT2D eigenvalue weighted by molar-refractivity contribution is 8.00. The van der Waals surface area contributed by atoms with E-state index in [2.05, 4.69) is 30.0 Å². The van der Waals surface area contributed by atoms with Gasteiger partial charge in [0.05, 0.1) is 42.5 Å². The zero-order valence-electron chi connectivity index (χ0n) is 14.7. The van der Waals surface area contributed by atoms with Crippen LogP contribution in [0, 0.1) is 6.92 Å². The Morgan fingerprint density at radius 1 is 1.19 bits per heavy atom. The third kappa shape index (κ3) is 5.14. The Morgan fingerprint density at radius 3 is 2.56 bits per heavy atom. The molecule has 0 aliphatic carbocycles. The molecule has 0 spiro atoms. The predicted molar refractivity (Wildman–Crippen MR) is 95.9 cm³/mol. The number of carbonyl (C=O) groups excluding carboxylic acids is 3.